The van der Waals surface area contributed by atoms with Gasteiger partial charge in [0.2, 0.25) is 0 Å². The van der Waals surface area contributed by atoms with Crippen molar-refractivity contribution in [3.05, 3.63) is 53.6 Å². The highest BCUT2D eigenvalue weighted by Crippen LogP contribution is 2.27. The van der Waals surface area contributed by atoms with Gasteiger partial charge in [-0.3, -0.25) is 4.99 Å². The number of hydrogen-bond acceptors (Lipinski definition) is 4. The third-order valence-corrected chi connectivity index (χ3v) is 4.42. The molecule has 2 aromatic carbocycles. The van der Waals surface area contributed by atoms with Gasteiger partial charge in [-0.1, -0.05) is 18.2 Å². The Kier molecular flexibility index (Phi) is 11.3. The molecule has 0 atom stereocenters. The van der Waals surface area contributed by atoms with E-state index in [1.807, 2.05) is 44.3 Å². The van der Waals surface area contributed by atoms with Gasteiger partial charge in [0.15, 0.2) is 17.5 Å². The fraction of sp³-hybridized carbons (Fsp3) is 0.409. The van der Waals surface area contributed by atoms with Crippen LogP contribution >= 0.6 is 24.0 Å². The van der Waals surface area contributed by atoms with Crippen LogP contribution in [0.2, 0.25) is 0 Å². The summed E-state index contributed by atoms with van der Waals surface area (Å²) < 4.78 is 16.2. The first kappa shape index (κ1) is 24.9. The lowest BCUT2D eigenvalue weighted by Crippen LogP contribution is -2.39. The van der Waals surface area contributed by atoms with Crippen molar-refractivity contribution in [3.63, 3.8) is 0 Å². The van der Waals surface area contributed by atoms with Crippen molar-refractivity contribution in [1.82, 2.24) is 10.2 Å². The van der Waals surface area contributed by atoms with Crippen LogP contribution in [0.5, 0.6) is 17.2 Å². The van der Waals surface area contributed by atoms with E-state index in [1.165, 1.54) is 5.56 Å². The third-order valence-electron chi connectivity index (χ3n) is 4.42. The van der Waals surface area contributed by atoms with E-state index in [1.54, 1.807) is 21.3 Å². The van der Waals surface area contributed by atoms with Gasteiger partial charge in [-0.05, 0) is 48.7 Å². The standard InChI is InChI=1S/C22H31N3O3.HI/c1-6-28-19-9-7-8-18(14-19)16-24-22(23-2)25(3)13-12-17-10-11-20(26-4)21(15-17)27-5;/h7-11,14-15H,6,12-13,16H2,1-5H3,(H,23,24);1H. The summed E-state index contributed by atoms with van der Waals surface area (Å²) in [4.78, 5) is 6.50. The van der Waals surface area contributed by atoms with E-state index in [-0.39, 0.29) is 24.0 Å². The number of aliphatic imine (C=N–C) groups is 1. The SMILES string of the molecule is CCOc1cccc(CNC(=NC)N(C)CCc2ccc(OC)c(OC)c2)c1.I. The summed E-state index contributed by atoms with van der Waals surface area (Å²) in [6.07, 6.45) is 0.872. The van der Waals surface area contributed by atoms with E-state index >= 15 is 0 Å². The Morgan fingerprint density at radius 2 is 1.79 bits per heavy atom. The summed E-state index contributed by atoms with van der Waals surface area (Å²) in [5, 5.41) is 3.41. The van der Waals surface area contributed by atoms with E-state index in [9.17, 15) is 0 Å². The van der Waals surface area contributed by atoms with Crippen LogP contribution in [0.4, 0.5) is 0 Å². The van der Waals surface area contributed by atoms with E-state index in [4.69, 9.17) is 14.2 Å². The summed E-state index contributed by atoms with van der Waals surface area (Å²) >= 11 is 0. The molecule has 0 radical (unpaired) electrons. The number of nitrogens with zero attached hydrogens (tertiary/aromatic N) is 2. The van der Waals surface area contributed by atoms with Gasteiger partial charge in [0.05, 0.1) is 20.8 Å². The molecule has 0 unspecified atom stereocenters. The van der Waals surface area contributed by atoms with Crippen LogP contribution in [-0.2, 0) is 13.0 Å². The smallest absolute Gasteiger partial charge is 0.193 e. The molecule has 0 saturated carbocycles. The molecule has 0 amide bonds. The van der Waals surface area contributed by atoms with Gasteiger partial charge in [-0.15, -0.1) is 24.0 Å². The molecule has 2 aromatic rings. The molecule has 7 heteroatoms. The molecular weight excluding hydrogens is 481 g/mol. The number of guanidine groups is 1. The predicted octanol–water partition coefficient (Wildman–Crippen LogP) is 3.97. The molecule has 29 heavy (non-hydrogen) atoms. The number of benzene rings is 2. The molecule has 0 aliphatic carbocycles. The van der Waals surface area contributed by atoms with Crippen LogP contribution in [0, 0.1) is 0 Å². The van der Waals surface area contributed by atoms with Crippen LogP contribution < -0.4 is 19.5 Å². The third kappa shape index (κ3) is 7.64. The number of halogens is 1. The monoisotopic (exact) mass is 513 g/mol. The van der Waals surface area contributed by atoms with E-state index in [0.717, 1.165) is 41.7 Å². The molecule has 0 spiro atoms. The van der Waals surface area contributed by atoms with Gasteiger partial charge < -0.3 is 24.4 Å². The number of hydrogen-bond donors (Lipinski definition) is 1. The molecule has 0 aliphatic heterocycles. The van der Waals surface area contributed by atoms with Crippen LogP contribution in [0.15, 0.2) is 47.5 Å². The Balaban J connectivity index is 0.00000420. The van der Waals surface area contributed by atoms with Crippen LogP contribution in [-0.4, -0.2) is 52.3 Å². The highest BCUT2D eigenvalue weighted by molar-refractivity contribution is 14.0. The minimum absolute atomic E-state index is 0. The molecule has 0 heterocycles. The molecule has 1 N–H and O–H groups in total. The van der Waals surface area contributed by atoms with Crippen molar-refractivity contribution >= 4 is 29.9 Å². The van der Waals surface area contributed by atoms with E-state index in [0.29, 0.717) is 13.2 Å². The summed E-state index contributed by atoms with van der Waals surface area (Å²) in [6, 6.07) is 14.1. The number of methoxy groups -OCH3 is 2. The van der Waals surface area contributed by atoms with Gasteiger partial charge in [0.1, 0.15) is 5.75 Å². The average molecular weight is 513 g/mol. The maximum absolute atomic E-state index is 5.56. The molecular formula is C22H32IN3O3. The van der Waals surface area contributed by atoms with Gasteiger partial charge in [0, 0.05) is 27.2 Å². The average Bonchev–Trinajstić information content (AvgIpc) is 2.73. The molecule has 160 valence electrons. The van der Waals surface area contributed by atoms with Crippen molar-refractivity contribution in [1.29, 1.82) is 0 Å². The van der Waals surface area contributed by atoms with Crippen LogP contribution in [0.1, 0.15) is 18.1 Å². The minimum atomic E-state index is 0. The summed E-state index contributed by atoms with van der Waals surface area (Å²) in [7, 11) is 7.13. The van der Waals surface area contributed by atoms with Crippen molar-refractivity contribution < 1.29 is 14.2 Å². The van der Waals surface area contributed by atoms with E-state index < -0.39 is 0 Å². The Labute approximate surface area is 191 Å². The van der Waals surface area contributed by atoms with Crippen LogP contribution in [0.25, 0.3) is 0 Å². The molecule has 0 saturated heterocycles. The molecule has 0 aliphatic rings. The lowest BCUT2D eigenvalue weighted by atomic mass is 10.1. The fourth-order valence-corrected chi connectivity index (χ4v) is 2.92. The number of nitrogens with one attached hydrogen (secondary N) is 1. The lowest BCUT2D eigenvalue weighted by Gasteiger charge is -2.22. The Bertz CT molecular complexity index is 784. The van der Waals surface area contributed by atoms with Crippen molar-refractivity contribution in [3.8, 4) is 17.2 Å². The van der Waals surface area contributed by atoms with Crippen molar-refractivity contribution in [2.45, 2.75) is 19.9 Å². The maximum atomic E-state index is 5.56. The molecule has 0 bridgehead atoms. The quantitative estimate of drug-likeness (QED) is 0.313. The summed E-state index contributed by atoms with van der Waals surface area (Å²) in [5.74, 6) is 3.23. The summed E-state index contributed by atoms with van der Waals surface area (Å²) in [6.45, 7) is 4.17. The highest BCUT2D eigenvalue weighted by Gasteiger charge is 2.09. The minimum Gasteiger partial charge on any atom is -0.494 e. The Morgan fingerprint density at radius 1 is 1.03 bits per heavy atom. The molecule has 2 rings (SSSR count). The number of likely N-dealkylation sites (N-methyl/N-ethyl adjacent to an activating group) is 1. The number of ether oxygens (including phenoxy) is 3. The second-order valence-electron chi connectivity index (χ2n) is 6.34. The first-order valence-corrected chi connectivity index (χ1v) is 9.45. The summed E-state index contributed by atoms with van der Waals surface area (Å²) in [5.41, 5.74) is 2.34. The highest BCUT2D eigenvalue weighted by atomic mass is 127. The zero-order chi connectivity index (χ0) is 20.4. The zero-order valence-electron chi connectivity index (χ0n) is 17.9. The first-order chi connectivity index (χ1) is 13.6. The Morgan fingerprint density at radius 3 is 2.45 bits per heavy atom. The van der Waals surface area contributed by atoms with Crippen molar-refractivity contribution in [2.24, 2.45) is 4.99 Å². The zero-order valence-corrected chi connectivity index (χ0v) is 20.2. The number of rotatable bonds is 9. The predicted molar refractivity (Wildman–Crippen MR) is 129 cm³/mol. The van der Waals surface area contributed by atoms with Crippen LogP contribution in [0.3, 0.4) is 0 Å². The first-order valence-electron chi connectivity index (χ1n) is 9.45. The van der Waals surface area contributed by atoms with E-state index in [2.05, 4.69) is 27.3 Å². The normalized spacial score (nSPS) is 10.7. The lowest BCUT2D eigenvalue weighted by molar-refractivity contribution is 0.340. The Hall–Kier alpha value is -2.16. The van der Waals surface area contributed by atoms with Gasteiger partial charge >= 0.3 is 0 Å². The molecule has 6 nitrogen and oxygen atoms in total. The maximum Gasteiger partial charge on any atom is 0.193 e. The largest absolute Gasteiger partial charge is 0.494 e. The second-order valence-corrected chi connectivity index (χ2v) is 6.34. The molecule has 0 fully saturated rings. The van der Waals surface area contributed by atoms with Gasteiger partial charge in [-0.2, -0.15) is 0 Å². The fourth-order valence-electron chi connectivity index (χ4n) is 2.92. The van der Waals surface area contributed by atoms with Crippen molar-refractivity contribution in [2.75, 3.05) is 41.5 Å². The van der Waals surface area contributed by atoms with Gasteiger partial charge in [-0.25, -0.2) is 0 Å². The topological polar surface area (TPSA) is 55.3 Å². The molecule has 0 aromatic heterocycles. The van der Waals surface area contributed by atoms with Gasteiger partial charge in [0.25, 0.3) is 0 Å². The second kappa shape index (κ2) is 13.1.